The van der Waals surface area contributed by atoms with Crippen LogP contribution in [0, 0.1) is 0 Å². The normalized spacial score (nSPS) is 15.1. The number of nitrogens with two attached hydrogens (primary N) is 1. The minimum absolute atomic E-state index is 0.0996. The molecule has 0 aromatic heterocycles. The maximum Gasteiger partial charge on any atom is 0.217 e. The van der Waals surface area contributed by atoms with Gasteiger partial charge in [-0.25, -0.2) is 0 Å². The smallest absolute Gasteiger partial charge is 0.217 e. The Hall–Kier alpha value is -1.93. The van der Waals surface area contributed by atoms with Crippen LogP contribution in [0.2, 0.25) is 0 Å². The van der Waals surface area contributed by atoms with Gasteiger partial charge in [0.2, 0.25) is 11.7 Å². The first-order valence-electron chi connectivity index (χ1n) is 8.70. The monoisotopic (exact) mass is 512 g/mol. The maximum atomic E-state index is 11.9. The summed E-state index contributed by atoms with van der Waals surface area (Å²) in [4.78, 5) is 11.9. The Morgan fingerprint density at radius 3 is 2.39 bits per heavy atom. The molecule has 0 heterocycles. The number of benzene rings is 2. The lowest BCUT2D eigenvalue weighted by molar-refractivity contribution is -0.119. The van der Waals surface area contributed by atoms with Crippen molar-refractivity contribution in [1.82, 2.24) is 5.32 Å². The fraction of sp³-hybridized carbons (Fsp3) is 0.350. The number of amides is 1. The van der Waals surface area contributed by atoms with Gasteiger partial charge in [-0.15, -0.1) is 0 Å². The zero-order chi connectivity index (χ0) is 20.6. The van der Waals surface area contributed by atoms with Gasteiger partial charge in [-0.3, -0.25) is 4.79 Å². The molecule has 1 atom stereocenters. The van der Waals surface area contributed by atoms with Gasteiger partial charge >= 0.3 is 0 Å². The van der Waals surface area contributed by atoms with Crippen molar-refractivity contribution in [3.63, 3.8) is 0 Å². The zero-order valence-electron chi connectivity index (χ0n) is 16.1. The Morgan fingerprint density at radius 1 is 1.14 bits per heavy atom. The highest BCUT2D eigenvalue weighted by Gasteiger charge is 2.31. The standard InChI is InChI=1S/C20H22Br2N2O4/c1-9(25)24-13-6-5-10-7-14(26-2)19(27-3)20(28-4)15(10)11-8-12(21)18(23)17(22)16(11)13/h7-8,13H,5-6,23H2,1-4H3,(H,24,25)/t13-/m0/s1. The molecule has 1 aliphatic rings. The zero-order valence-corrected chi connectivity index (χ0v) is 19.3. The topological polar surface area (TPSA) is 82.8 Å². The van der Waals surface area contributed by atoms with Crippen LogP contribution in [0.4, 0.5) is 5.69 Å². The second-order valence-electron chi connectivity index (χ2n) is 6.52. The molecule has 8 heteroatoms. The van der Waals surface area contributed by atoms with Crippen molar-refractivity contribution in [1.29, 1.82) is 0 Å². The van der Waals surface area contributed by atoms with Crippen LogP contribution in [-0.4, -0.2) is 27.2 Å². The Labute approximate surface area is 181 Å². The number of nitrogens with one attached hydrogen (secondary N) is 1. The van der Waals surface area contributed by atoms with E-state index in [0.717, 1.165) is 37.6 Å². The fourth-order valence-electron chi connectivity index (χ4n) is 3.73. The van der Waals surface area contributed by atoms with Crippen LogP contribution in [-0.2, 0) is 11.2 Å². The van der Waals surface area contributed by atoms with Crippen molar-refractivity contribution in [3.8, 4) is 28.4 Å². The molecular formula is C20H22Br2N2O4. The molecule has 0 bridgehead atoms. The van der Waals surface area contributed by atoms with Crippen molar-refractivity contribution >= 4 is 43.5 Å². The molecule has 0 spiro atoms. The number of anilines is 1. The highest BCUT2D eigenvalue weighted by molar-refractivity contribution is 9.11. The molecule has 0 unspecified atom stereocenters. The van der Waals surface area contributed by atoms with Gasteiger partial charge in [0.1, 0.15) is 0 Å². The predicted molar refractivity (Wildman–Crippen MR) is 116 cm³/mol. The van der Waals surface area contributed by atoms with Crippen molar-refractivity contribution in [2.24, 2.45) is 0 Å². The summed E-state index contributed by atoms with van der Waals surface area (Å²) in [5.74, 6) is 1.62. The van der Waals surface area contributed by atoms with E-state index < -0.39 is 0 Å². The molecule has 3 rings (SSSR count). The SMILES string of the molecule is COc1cc2c(c(OC)c1OC)-c1cc(Br)c(N)c(Br)c1[C@@H](NC(C)=O)CC2. The number of hydrogen-bond donors (Lipinski definition) is 2. The second kappa shape index (κ2) is 8.21. The third-order valence-corrected chi connectivity index (χ3v) is 6.41. The summed E-state index contributed by atoms with van der Waals surface area (Å²) in [6.45, 7) is 1.51. The first-order valence-corrected chi connectivity index (χ1v) is 10.3. The van der Waals surface area contributed by atoms with Crippen LogP contribution in [0.1, 0.15) is 30.5 Å². The quantitative estimate of drug-likeness (QED) is 0.583. The van der Waals surface area contributed by atoms with Crippen LogP contribution < -0.4 is 25.3 Å². The van der Waals surface area contributed by atoms with Crippen molar-refractivity contribution in [3.05, 3.63) is 32.2 Å². The van der Waals surface area contributed by atoms with E-state index in [-0.39, 0.29) is 11.9 Å². The van der Waals surface area contributed by atoms with Gasteiger partial charge in [-0.05, 0) is 73.5 Å². The van der Waals surface area contributed by atoms with Gasteiger partial charge in [0.15, 0.2) is 11.5 Å². The molecule has 2 aromatic rings. The number of fused-ring (bicyclic) bond motifs is 3. The predicted octanol–water partition coefficient (Wildman–Crippen LogP) is 4.61. The Kier molecular flexibility index (Phi) is 6.09. The molecule has 0 saturated heterocycles. The molecule has 0 radical (unpaired) electrons. The molecule has 150 valence electrons. The number of ether oxygens (including phenoxy) is 3. The van der Waals surface area contributed by atoms with Gasteiger partial charge in [0, 0.05) is 21.4 Å². The third-order valence-electron chi connectivity index (χ3n) is 4.90. The number of carbonyl (C=O) groups is 1. The van der Waals surface area contributed by atoms with E-state index in [1.54, 1.807) is 21.3 Å². The van der Waals surface area contributed by atoms with Crippen LogP contribution >= 0.6 is 31.9 Å². The summed E-state index contributed by atoms with van der Waals surface area (Å²) in [6.07, 6.45) is 1.42. The molecule has 0 fully saturated rings. The third kappa shape index (κ3) is 3.43. The van der Waals surface area contributed by atoms with Crippen LogP contribution in [0.5, 0.6) is 17.2 Å². The van der Waals surface area contributed by atoms with Crippen molar-refractivity contribution < 1.29 is 19.0 Å². The lowest BCUT2D eigenvalue weighted by Gasteiger charge is -2.23. The number of rotatable bonds is 4. The molecule has 1 aliphatic carbocycles. The van der Waals surface area contributed by atoms with Gasteiger partial charge < -0.3 is 25.3 Å². The second-order valence-corrected chi connectivity index (χ2v) is 8.17. The highest BCUT2D eigenvalue weighted by atomic mass is 79.9. The highest BCUT2D eigenvalue weighted by Crippen LogP contribution is 2.53. The average Bonchev–Trinajstić information content (AvgIpc) is 2.81. The van der Waals surface area contributed by atoms with E-state index in [1.807, 2.05) is 12.1 Å². The van der Waals surface area contributed by atoms with E-state index in [9.17, 15) is 4.79 Å². The lowest BCUT2D eigenvalue weighted by Crippen LogP contribution is -2.26. The summed E-state index contributed by atoms with van der Waals surface area (Å²) < 4.78 is 18.4. The number of methoxy groups -OCH3 is 3. The first kappa shape index (κ1) is 20.8. The van der Waals surface area contributed by atoms with Gasteiger partial charge in [0.25, 0.3) is 0 Å². The van der Waals surface area contributed by atoms with Gasteiger partial charge in [0.05, 0.1) is 33.1 Å². The Balaban J connectivity index is 2.41. The Bertz CT molecular complexity index is 947. The Morgan fingerprint density at radius 2 is 1.82 bits per heavy atom. The van der Waals surface area contributed by atoms with Gasteiger partial charge in [-0.2, -0.15) is 0 Å². The summed E-state index contributed by atoms with van der Waals surface area (Å²) in [6, 6.07) is 3.73. The molecule has 0 aliphatic heterocycles. The largest absolute Gasteiger partial charge is 0.493 e. The molecular weight excluding hydrogens is 492 g/mol. The van der Waals surface area contributed by atoms with Crippen molar-refractivity contribution in [2.75, 3.05) is 27.1 Å². The molecule has 1 amide bonds. The number of carbonyl (C=O) groups excluding carboxylic acids is 1. The number of hydrogen-bond acceptors (Lipinski definition) is 5. The van der Waals surface area contributed by atoms with E-state index in [1.165, 1.54) is 6.92 Å². The number of aryl methyl sites for hydroxylation is 1. The van der Waals surface area contributed by atoms with Crippen LogP contribution in [0.25, 0.3) is 11.1 Å². The molecule has 28 heavy (non-hydrogen) atoms. The number of halogens is 2. The molecule has 0 saturated carbocycles. The lowest BCUT2D eigenvalue weighted by atomic mass is 9.93. The summed E-state index contributed by atoms with van der Waals surface area (Å²) in [7, 11) is 4.79. The van der Waals surface area contributed by atoms with Crippen molar-refractivity contribution in [2.45, 2.75) is 25.8 Å². The molecule has 2 aromatic carbocycles. The van der Waals surface area contributed by atoms with Crippen LogP contribution in [0.3, 0.4) is 0 Å². The summed E-state index contributed by atoms with van der Waals surface area (Å²) in [5.41, 5.74) is 10.6. The number of nitrogen functional groups attached to an aromatic ring is 1. The molecule has 3 N–H and O–H groups in total. The van der Waals surface area contributed by atoms with E-state index in [0.29, 0.717) is 29.4 Å². The summed E-state index contributed by atoms with van der Waals surface area (Å²) in [5, 5.41) is 3.05. The maximum absolute atomic E-state index is 11.9. The minimum Gasteiger partial charge on any atom is -0.493 e. The van der Waals surface area contributed by atoms with Gasteiger partial charge in [-0.1, -0.05) is 0 Å². The van der Waals surface area contributed by atoms with Crippen LogP contribution in [0.15, 0.2) is 21.1 Å². The van der Waals surface area contributed by atoms with E-state index >= 15 is 0 Å². The van der Waals surface area contributed by atoms with E-state index in [4.69, 9.17) is 19.9 Å². The first-order chi connectivity index (χ1) is 13.3. The molecule has 6 nitrogen and oxygen atoms in total. The average molecular weight is 514 g/mol. The summed E-state index contributed by atoms with van der Waals surface area (Å²) >= 11 is 7.19. The minimum atomic E-state index is -0.202. The fourth-order valence-corrected chi connectivity index (χ4v) is 5.13. The van der Waals surface area contributed by atoms with E-state index in [2.05, 4.69) is 37.2 Å².